The molecule has 0 radical (unpaired) electrons. The summed E-state index contributed by atoms with van der Waals surface area (Å²) in [5, 5.41) is 19.0. The molecule has 0 unspecified atom stereocenters. The van der Waals surface area contributed by atoms with Gasteiger partial charge in [-0.2, -0.15) is 5.10 Å². The van der Waals surface area contributed by atoms with Gasteiger partial charge >= 0.3 is 0 Å². The van der Waals surface area contributed by atoms with Crippen molar-refractivity contribution in [2.24, 2.45) is 0 Å². The number of nitro groups is 1. The van der Waals surface area contributed by atoms with E-state index in [1.165, 1.54) is 12.1 Å². The number of aromatic nitrogens is 3. The van der Waals surface area contributed by atoms with E-state index in [0.29, 0.717) is 29.3 Å². The standard InChI is InChI=1S/C31H24N4O4/c1-38-27-18-24-25(19-28(27)39-2)30(21-13-15-23(16-14-21)35(36)37)32-31-29(24)26(17-20-9-5-3-6-10-20)33-34(31)22-11-7-4-8-12-22/h3-16,18-19H,17H2,1-2H3. The van der Waals surface area contributed by atoms with Crippen LogP contribution in [0, 0.1) is 10.1 Å². The van der Waals surface area contributed by atoms with Crippen LogP contribution in [0.5, 0.6) is 11.5 Å². The Morgan fingerprint density at radius 1 is 0.821 bits per heavy atom. The highest BCUT2D eigenvalue weighted by Crippen LogP contribution is 2.41. The van der Waals surface area contributed by atoms with Crippen LogP contribution in [0.2, 0.25) is 0 Å². The Bertz CT molecular complexity index is 1820. The lowest BCUT2D eigenvalue weighted by Crippen LogP contribution is -1.99. The minimum absolute atomic E-state index is 0.0165. The highest BCUT2D eigenvalue weighted by Gasteiger charge is 2.22. The fraction of sp³-hybridized carbons (Fsp3) is 0.0968. The molecule has 8 nitrogen and oxygen atoms in total. The second-order valence-electron chi connectivity index (χ2n) is 9.07. The van der Waals surface area contributed by atoms with Crippen molar-refractivity contribution < 1.29 is 14.4 Å². The Morgan fingerprint density at radius 3 is 2.05 bits per heavy atom. The van der Waals surface area contributed by atoms with Crippen LogP contribution in [0.15, 0.2) is 97.1 Å². The number of pyridine rings is 1. The molecule has 192 valence electrons. The summed E-state index contributed by atoms with van der Waals surface area (Å²) < 4.78 is 13.2. The van der Waals surface area contributed by atoms with Crippen LogP contribution < -0.4 is 9.47 Å². The van der Waals surface area contributed by atoms with Crippen LogP contribution in [0.4, 0.5) is 5.69 Å². The molecule has 6 rings (SSSR count). The fourth-order valence-electron chi connectivity index (χ4n) is 4.90. The molecule has 0 bridgehead atoms. The van der Waals surface area contributed by atoms with Crippen molar-refractivity contribution in [2.45, 2.75) is 6.42 Å². The number of ether oxygens (including phenoxy) is 2. The fourth-order valence-corrected chi connectivity index (χ4v) is 4.90. The van der Waals surface area contributed by atoms with Gasteiger partial charge in [-0.15, -0.1) is 0 Å². The van der Waals surface area contributed by atoms with E-state index in [-0.39, 0.29) is 5.69 Å². The number of para-hydroxylation sites is 1. The third-order valence-corrected chi connectivity index (χ3v) is 6.77. The zero-order chi connectivity index (χ0) is 26.9. The molecule has 0 saturated carbocycles. The van der Waals surface area contributed by atoms with E-state index in [2.05, 4.69) is 12.1 Å². The number of hydrogen-bond donors (Lipinski definition) is 0. The first-order chi connectivity index (χ1) is 19.1. The maximum Gasteiger partial charge on any atom is 0.269 e. The molecule has 0 spiro atoms. The predicted octanol–water partition coefficient (Wildman–Crippen LogP) is 6.76. The summed E-state index contributed by atoms with van der Waals surface area (Å²) in [7, 11) is 3.20. The van der Waals surface area contributed by atoms with E-state index < -0.39 is 4.92 Å². The second kappa shape index (κ2) is 9.90. The monoisotopic (exact) mass is 516 g/mol. The van der Waals surface area contributed by atoms with E-state index in [9.17, 15) is 10.1 Å². The van der Waals surface area contributed by atoms with Crippen molar-refractivity contribution in [3.8, 4) is 28.4 Å². The van der Waals surface area contributed by atoms with Gasteiger partial charge in [0.15, 0.2) is 17.1 Å². The van der Waals surface area contributed by atoms with Gasteiger partial charge in [0, 0.05) is 34.9 Å². The van der Waals surface area contributed by atoms with Gasteiger partial charge in [-0.1, -0.05) is 48.5 Å². The van der Waals surface area contributed by atoms with Crippen LogP contribution in [-0.2, 0) is 6.42 Å². The van der Waals surface area contributed by atoms with Crippen LogP contribution in [-0.4, -0.2) is 33.9 Å². The van der Waals surface area contributed by atoms with Gasteiger partial charge in [0.05, 0.1) is 41.6 Å². The highest BCUT2D eigenvalue weighted by atomic mass is 16.6. The largest absolute Gasteiger partial charge is 0.493 e. The highest BCUT2D eigenvalue weighted by molar-refractivity contribution is 6.12. The van der Waals surface area contributed by atoms with E-state index in [0.717, 1.165) is 38.7 Å². The predicted molar refractivity (Wildman–Crippen MR) is 151 cm³/mol. The summed E-state index contributed by atoms with van der Waals surface area (Å²) in [6, 6.07) is 30.3. The Hall–Kier alpha value is -5.24. The Morgan fingerprint density at radius 2 is 1.44 bits per heavy atom. The molecule has 6 aromatic rings. The van der Waals surface area contributed by atoms with Crippen LogP contribution >= 0.6 is 0 Å². The van der Waals surface area contributed by atoms with Gasteiger partial charge in [0.2, 0.25) is 0 Å². The van der Waals surface area contributed by atoms with Gasteiger partial charge in [-0.3, -0.25) is 10.1 Å². The molecule has 2 heterocycles. The van der Waals surface area contributed by atoms with Gasteiger partial charge in [0.1, 0.15) is 0 Å². The lowest BCUT2D eigenvalue weighted by atomic mass is 9.98. The smallest absolute Gasteiger partial charge is 0.269 e. The molecule has 0 saturated heterocycles. The summed E-state index contributed by atoms with van der Waals surface area (Å²) in [6.45, 7) is 0. The Balaban J connectivity index is 1.72. The van der Waals surface area contributed by atoms with Crippen LogP contribution in [0.1, 0.15) is 11.3 Å². The first kappa shape index (κ1) is 24.1. The minimum Gasteiger partial charge on any atom is -0.493 e. The van der Waals surface area contributed by atoms with Gasteiger partial charge in [-0.25, -0.2) is 9.67 Å². The van der Waals surface area contributed by atoms with Gasteiger partial charge < -0.3 is 9.47 Å². The van der Waals surface area contributed by atoms with Crippen molar-refractivity contribution >= 4 is 27.5 Å². The lowest BCUT2D eigenvalue weighted by Gasteiger charge is -2.14. The van der Waals surface area contributed by atoms with Crippen molar-refractivity contribution in [3.05, 3.63) is 118 Å². The molecule has 4 aromatic carbocycles. The maximum absolute atomic E-state index is 11.3. The molecule has 0 fully saturated rings. The number of non-ortho nitro benzene ring substituents is 1. The number of benzene rings is 4. The summed E-state index contributed by atoms with van der Waals surface area (Å²) in [6.07, 6.45) is 0.610. The molecule has 2 aromatic heterocycles. The second-order valence-corrected chi connectivity index (χ2v) is 9.07. The first-order valence-electron chi connectivity index (χ1n) is 12.4. The molecular formula is C31H24N4O4. The molecule has 0 aliphatic rings. The number of hydrogen-bond acceptors (Lipinski definition) is 6. The third-order valence-electron chi connectivity index (χ3n) is 6.77. The molecular weight excluding hydrogens is 492 g/mol. The quantitative estimate of drug-likeness (QED) is 0.172. The molecule has 0 N–H and O–H groups in total. The lowest BCUT2D eigenvalue weighted by molar-refractivity contribution is -0.384. The van der Waals surface area contributed by atoms with Crippen molar-refractivity contribution in [3.63, 3.8) is 0 Å². The molecule has 8 heteroatoms. The van der Waals surface area contributed by atoms with Crippen molar-refractivity contribution in [2.75, 3.05) is 14.2 Å². The van der Waals surface area contributed by atoms with E-state index in [1.807, 2.05) is 65.3 Å². The molecule has 0 aliphatic heterocycles. The summed E-state index contributed by atoms with van der Waals surface area (Å²) in [4.78, 5) is 16.0. The maximum atomic E-state index is 11.3. The van der Waals surface area contributed by atoms with Gasteiger partial charge in [0.25, 0.3) is 5.69 Å². The third kappa shape index (κ3) is 4.31. The Labute approximate surface area is 224 Å². The zero-order valence-electron chi connectivity index (χ0n) is 21.4. The van der Waals surface area contributed by atoms with Crippen LogP contribution in [0.3, 0.4) is 0 Å². The number of fused-ring (bicyclic) bond motifs is 3. The molecule has 0 amide bonds. The molecule has 0 aliphatic carbocycles. The summed E-state index contributed by atoms with van der Waals surface area (Å²) >= 11 is 0. The zero-order valence-corrected chi connectivity index (χ0v) is 21.4. The Kier molecular flexibility index (Phi) is 6.13. The van der Waals surface area contributed by atoms with Crippen molar-refractivity contribution in [1.29, 1.82) is 0 Å². The minimum atomic E-state index is -0.410. The number of rotatable bonds is 7. The molecule has 39 heavy (non-hydrogen) atoms. The number of nitrogens with zero attached hydrogens (tertiary/aromatic N) is 4. The van der Waals surface area contributed by atoms with Crippen LogP contribution in [0.25, 0.3) is 38.8 Å². The first-order valence-corrected chi connectivity index (χ1v) is 12.4. The van der Waals surface area contributed by atoms with E-state index in [4.69, 9.17) is 19.6 Å². The van der Waals surface area contributed by atoms with E-state index >= 15 is 0 Å². The average Bonchev–Trinajstić information content (AvgIpc) is 3.35. The van der Waals surface area contributed by atoms with Gasteiger partial charge in [-0.05, 0) is 42.0 Å². The normalized spacial score (nSPS) is 11.1. The van der Waals surface area contributed by atoms with E-state index in [1.54, 1.807) is 26.4 Å². The number of methoxy groups -OCH3 is 2. The average molecular weight is 517 g/mol. The summed E-state index contributed by atoms with van der Waals surface area (Å²) in [5.74, 6) is 1.15. The SMILES string of the molecule is COc1cc2c(-c3ccc([N+](=O)[O-])cc3)nc3c(c(Cc4ccccc4)nn3-c3ccccc3)c2cc1OC. The topological polar surface area (TPSA) is 92.3 Å². The summed E-state index contributed by atoms with van der Waals surface area (Å²) in [5.41, 5.74) is 4.99. The molecule has 0 atom stereocenters. The number of nitro benzene ring substituents is 1. The van der Waals surface area contributed by atoms with Crippen molar-refractivity contribution in [1.82, 2.24) is 14.8 Å².